The Hall–Kier alpha value is -1.22. The number of rotatable bonds is 4. The van der Waals surface area contributed by atoms with Crippen molar-refractivity contribution in [3.05, 3.63) is 23.8 Å². The van der Waals surface area contributed by atoms with Crippen molar-refractivity contribution in [2.45, 2.75) is 39.2 Å². The summed E-state index contributed by atoms with van der Waals surface area (Å²) >= 11 is 0. The van der Waals surface area contributed by atoms with Crippen LogP contribution in [0.25, 0.3) is 0 Å². The van der Waals surface area contributed by atoms with Crippen LogP contribution in [0.15, 0.2) is 18.2 Å². The zero-order valence-corrected chi connectivity index (χ0v) is 11.4. The highest BCUT2D eigenvalue weighted by molar-refractivity contribution is 5.44. The summed E-state index contributed by atoms with van der Waals surface area (Å²) < 4.78 is 11.1. The summed E-state index contributed by atoms with van der Waals surface area (Å²) in [5.41, 5.74) is 6.73. The molecule has 1 aromatic carbocycles. The normalized spacial score (nSPS) is 13.3. The molecule has 0 bridgehead atoms. The van der Waals surface area contributed by atoms with E-state index in [1.54, 1.807) is 7.11 Å². The largest absolute Gasteiger partial charge is 0.497 e. The van der Waals surface area contributed by atoms with Crippen molar-refractivity contribution in [3.63, 3.8) is 0 Å². The molecule has 1 unspecified atom stereocenters. The molecule has 0 radical (unpaired) electrons. The predicted octanol–water partition coefficient (Wildman–Crippen LogP) is 2.72. The van der Waals surface area contributed by atoms with Gasteiger partial charge in [0.15, 0.2) is 0 Å². The molecule has 1 rings (SSSR count). The topological polar surface area (TPSA) is 44.5 Å². The lowest BCUT2D eigenvalue weighted by Crippen LogP contribution is -2.24. The lowest BCUT2D eigenvalue weighted by Gasteiger charge is -2.25. The van der Waals surface area contributed by atoms with Crippen molar-refractivity contribution < 1.29 is 9.47 Å². The number of methoxy groups -OCH3 is 1. The zero-order chi connectivity index (χ0) is 13.1. The van der Waals surface area contributed by atoms with Gasteiger partial charge >= 0.3 is 0 Å². The Balaban J connectivity index is 3.11. The molecule has 1 aromatic rings. The number of hydrogen-bond acceptors (Lipinski definition) is 3. The van der Waals surface area contributed by atoms with Gasteiger partial charge in [-0.2, -0.15) is 0 Å². The van der Waals surface area contributed by atoms with Gasteiger partial charge in [0.05, 0.1) is 7.11 Å². The molecule has 0 aliphatic heterocycles. The van der Waals surface area contributed by atoms with Crippen LogP contribution >= 0.6 is 0 Å². The molecule has 0 saturated carbocycles. The van der Waals surface area contributed by atoms with Crippen LogP contribution in [0.2, 0.25) is 0 Å². The van der Waals surface area contributed by atoms with Gasteiger partial charge in [-0.05, 0) is 30.5 Å². The molecular formula is C14H23NO2. The van der Waals surface area contributed by atoms with Crippen molar-refractivity contribution >= 4 is 0 Å². The molecule has 0 spiro atoms. The van der Waals surface area contributed by atoms with E-state index in [4.69, 9.17) is 15.2 Å². The van der Waals surface area contributed by atoms with E-state index in [1.165, 1.54) is 0 Å². The van der Waals surface area contributed by atoms with Crippen LogP contribution in [0, 0.1) is 0 Å². The van der Waals surface area contributed by atoms with E-state index in [0.717, 1.165) is 17.1 Å². The maximum Gasteiger partial charge on any atom is 0.123 e. The lowest BCUT2D eigenvalue weighted by molar-refractivity contribution is 0.224. The van der Waals surface area contributed by atoms with Crippen LogP contribution in [0.5, 0.6) is 11.5 Å². The summed E-state index contributed by atoms with van der Waals surface area (Å²) in [4.78, 5) is 0. The highest BCUT2D eigenvalue weighted by Crippen LogP contribution is 2.34. The minimum Gasteiger partial charge on any atom is -0.497 e. The Morgan fingerprint density at radius 1 is 1.29 bits per heavy atom. The summed E-state index contributed by atoms with van der Waals surface area (Å²) in [6, 6.07) is 5.89. The van der Waals surface area contributed by atoms with Crippen molar-refractivity contribution in [1.29, 1.82) is 0 Å². The second-order valence-electron chi connectivity index (χ2n) is 5.28. The van der Waals surface area contributed by atoms with Crippen LogP contribution in [0.4, 0.5) is 0 Å². The van der Waals surface area contributed by atoms with Crippen molar-refractivity contribution in [2.24, 2.45) is 5.73 Å². The molecular weight excluding hydrogens is 214 g/mol. The molecule has 1 atom stereocenters. The van der Waals surface area contributed by atoms with Gasteiger partial charge in [-0.3, -0.25) is 0 Å². The van der Waals surface area contributed by atoms with Gasteiger partial charge in [0.25, 0.3) is 0 Å². The molecule has 0 amide bonds. The molecule has 17 heavy (non-hydrogen) atoms. The number of ether oxygens (including phenoxy) is 2. The molecule has 0 aromatic heterocycles. The molecule has 0 heterocycles. The third-order valence-electron chi connectivity index (χ3n) is 2.65. The van der Waals surface area contributed by atoms with E-state index in [9.17, 15) is 0 Å². The highest BCUT2D eigenvalue weighted by atomic mass is 16.5. The van der Waals surface area contributed by atoms with Crippen LogP contribution in [-0.4, -0.2) is 19.8 Å². The van der Waals surface area contributed by atoms with E-state index < -0.39 is 0 Å². The summed E-state index contributed by atoms with van der Waals surface area (Å²) in [6.07, 6.45) is 0.0181. The first-order chi connectivity index (χ1) is 7.88. The molecule has 3 nitrogen and oxygen atoms in total. The fraction of sp³-hybridized carbons (Fsp3) is 0.571. The predicted molar refractivity (Wildman–Crippen MR) is 70.8 cm³/mol. The minimum atomic E-state index is 0.0121. The van der Waals surface area contributed by atoms with Gasteiger partial charge in [0.2, 0.25) is 0 Å². The third kappa shape index (κ3) is 3.63. The van der Waals surface area contributed by atoms with Gasteiger partial charge in [-0.25, -0.2) is 0 Å². The Labute approximate surface area is 104 Å². The monoisotopic (exact) mass is 237 g/mol. The van der Waals surface area contributed by atoms with Gasteiger partial charge in [-0.15, -0.1) is 0 Å². The fourth-order valence-corrected chi connectivity index (χ4v) is 1.59. The number of hydrogen-bond donors (Lipinski definition) is 1. The average Bonchev–Trinajstić information content (AvgIpc) is 2.28. The Morgan fingerprint density at radius 3 is 2.41 bits per heavy atom. The summed E-state index contributed by atoms with van der Waals surface area (Å²) in [7, 11) is 1.67. The number of benzene rings is 1. The molecule has 0 fully saturated rings. The smallest absolute Gasteiger partial charge is 0.123 e. The van der Waals surface area contributed by atoms with Crippen LogP contribution in [0.3, 0.4) is 0 Å². The maximum atomic E-state index is 5.84. The third-order valence-corrected chi connectivity index (χ3v) is 2.65. The quantitative estimate of drug-likeness (QED) is 0.875. The standard InChI is InChI=1S/C14H23NO2/c1-10(9-15)17-13-7-6-11(16-5)8-12(13)14(2,3)4/h6-8,10H,9,15H2,1-5H3. The summed E-state index contributed by atoms with van der Waals surface area (Å²) in [6.45, 7) is 8.94. The van der Waals surface area contributed by atoms with E-state index in [-0.39, 0.29) is 11.5 Å². The molecule has 96 valence electrons. The maximum absolute atomic E-state index is 5.84. The SMILES string of the molecule is COc1ccc(OC(C)CN)c(C(C)(C)C)c1. The Bertz CT molecular complexity index is 369. The molecule has 0 saturated heterocycles. The van der Waals surface area contributed by atoms with Crippen molar-refractivity contribution in [1.82, 2.24) is 0 Å². The number of nitrogens with two attached hydrogens (primary N) is 1. The highest BCUT2D eigenvalue weighted by Gasteiger charge is 2.20. The first-order valence-electron chi connectivity index (χ1n) is 5.93. The van der Waals surface area contributed by atoms with Gasteiger partial charge < -0.3 is 15.2 Å². The fourth-order valence-electron chi connectivity index (χ4n) is 1.59. The summed E-state index contributed by atoms with van der Waals surface area (Å²) in [5, 5.41) is 0. The van der Waals surface area contributed by atoms with Crippen molar-refractivity contribution in [3.8, 4) is 11.5 Å². The van der Waals surface area contributed by atoms with Crippen molar-refractivity contribution in [2.75, 3.05) is 13.7 Å². The second-order valence-corrected chi connectivity index (χ2v) is 5.28. The zero-order valence-electron chi connectivity index (χ0n) is 11.4. The van der Waals surface area contributed by atoms with Crippen LogP contribution in [-0.2, 0) is 5.41 Å². The first-order valence-corrected chi connectivity index (χ1v) is 5.93. The average molecular weight is 237 g/mol. The van der Waals surface area contributed by atoms with Crippen LogP contribution in [0.1, 0.15) is 33.3 Å². The first kappa shape index (κ1) is 13.8. The molecule has 0 aliphatic rings. The minimum absolute atomic E-state index is 0.0121. The molecule has 0 aliphatic carbocycles. The molecule has 2 N–H and O–H groups in total. The van der Waals surface area contributed by atoms with Gasteiger partial charge in [0.1, 0.15) is 17.6 Å². The van der Waals surface area contributed by atoms with E-state index in [2.05, 4.69) is 20.8 Å². The molecule has 3 heteroatoms. The lowest BCUT2D eigenvalue weighted by atomic mass is 9.86. The van der Waals surface area contributed by atoms with Crippen LogP contribution < -0.4 is 15.2 Å². The second kappa shape index (κ2) is 5.41. The Morgan fingerprint density at radius 2 is 1.94 bits per heavy atom. The van der Waals surface area contributed by atoms with Gasteiger partial charge in [-0.1, -0.05) is 20.8 Å². The van der Waals surface area contributed by atoms with E-state index in [0.29, 0.717) is 6.54 Å². The summed E-state index contributed by atoms with van der Waals surface area (Å²) in [5.74, 6) is 1.74. The van der Waals surface area contributed by atoms with Gasteiger partial charge in [0, 0.05) is 12.1 Å². The Kier molecular flexibility index (Phi) is 4.40. The van der Waals surface area contributed by atoms with E-state index in [1.807, 2.05) is 25.1 Å². The van der Waals surface area contributed by atoms with E-state index >= 15 is 0 Å².